The smallest absolute Gasteiger partial charge is 0.216 e. The van der Waals surface area contributed by atoms with Gasteiger partial charge in [0.2, 0.25) is 10.0 Å². The molecule has 1 N–H and O–H groups in total. The van der Waals surface area contributed by atoms with Crippen LogP contribution in [0.2, 0.25) is 0 Å². The first-order valence-corrected chi connectivity index (χ1v) is 8.77. The van der Waals surface area contributed by atoms with E-state index in [0.717, 1.165) is 25.1 Å². The predicted octanol–water partition coefficient (Wildman–Crippen LogP) is 1.30. The molecule has 2 atom stereocenters. The van der Waals surface area contributed by atoms with Gasteiger partial charge in [-0.3, -0.25) is 9.88 Å². The Balaban J connectivity index is 1.64. The Morgan fingerprint density at radius 1 is 1.35 bits per heavy atom. The van der Waals surface area contributed by atoms with Crippen LogP contribution in [0.1, 0.15) is 37.9 Å². The zero-order valence-electron chi connectivity index (χ0n) is 11.7. The van der Waals surface area contributed by atoms with Crippen LogP contribution >= 0.6 is 0 Å². The molecule has 0 radical (unpaired) electrons. The quantitative estimate of drug-likeness (QED) is 0.889. The van der Waals surface area contributed by atoms with Crippen molar-refractivity contribution in [3.05, 3.63) is 30.1 Å². The summed E-state index contributed by atoms with van der Waals surface area (Å²) in [6.45, 7) is 3.50. The molecule has 20 heavy (non-hydrogen) atoms. The number of aromatic nitrogens is 1. The number of pyridine rings is 1. The van der Waals surface area contributed by atoms with Crippen LogP contribution in [0.5, 0.6) is 0 Å². The summed E-state index contributed by atoms with van der Waals surface area (Å²) >= 11 is 0. The Morgan fingerprint density at radius 2 is 2.15 bits per heavy atom. The summed E-state index contributed by atoms with van der Waals surface area (Å²) in [6.07, 6.45) is 4.46. The van der Waals surface area contributed by atoms with Crippen molar-refractivity contribution in [2.75, 3.05) is 13.1 Å². The maximum atomic E-state index is 12.2. The van der Waals surface area contributed by atoms with Crippen molar-refractivity contribution >= 4 is 10.0 Å². The second-order valence-electron chi connectivity index (χ2n) is 5.77. The van der Waals surface area contributed by atoms with Crippen LogP contribution in [0.4, 0.5) is 0 Å². The lowest BCUT2D eigenvalue weighted by atomic mass is 10.2. The van der Waals surface area contributed by atoms with E-state index in [1.807, 2.05) is 18.2 Å². The van der Waals surface area contributed by atoms with Gasteiger partial charge in [0.15, 0.2) is 0 Å². The van der Waals surface area contributed by atoms with Gasteiger partial charge in [-0.2, -0.15) is 0 Å². The Bertz CT molecular complexity index is 557. The molecule has 1 saturated carbocycles. The molecule has 0 amide bonds. The van der Waals surface area contributed by atoms with Gasteiger partial charge in [0.1, 0.15) is 0 Å². The molecule has 2 aliphatic rings. The molecule has 6 heteroatoms. The summed E-state index contributed by atoms with van der Waals surface area (Å²) in [7, 11) is -3.16. The molecule has 1 aliphatic carbocycles. The van der Waals surface area contributed by atoms with Gasteiger partial charge in [0.05, 0.1) is 10.9 Å². The lowest BCUT2D eigenvalue weighted by Gasteiger charge is -2.23. The maximum absolute atomic E-state index is 12.2. The number of hydrogen-bond donors (Lipinski definition) is 1. The summed E-state index contributed by atoms with van der Waals surface area (Å²) in [4.78, 5) is 6.57. The first-order valence-electron chi connectivity index (χ1n) is 7.22. The van der Waals surface area contributed by atoms with Gasteiger partial charge in [0.25, 0.3) is 0 Å². The summed E-state index contributed by atoms with van der Waals surface area (Å²) in [5, 5.41) is -0.283. The van der Waals surface area contributed by atoms with Gasteiger partial charge in [0, 0.05) is 31.4 Å². The highest BCUT2D eigenvalue weighted by Crippen LogP contribution is 2.27. The van der Waals surface area contributed by atoms with E-state index in [2.05, 4.69) is 21.5 Å². The molecule has 0 aromatic carbocycles. The average molecular weight is 295 g/mol. The zero-order chi connectivity index (χ0) is 14.2. The molecule has 110 valence electrons. The monoisotopic (exact) mass is 295 g/mol. The van der Waals surface area contributed by atoms with E-state index < -0.39 is 10.0 Å². The van der Waals surface area contributed by atoms with Gasteiger partial charge >= 0.3 is 0 Å². The predicted molar refractivity (Wildman–Crippen MR) is 77.7 cm³/mol. The molecular formula is C14H21N3O2S. The number of nitrogens with zero attached hydrogens (tertiary/aromatic N) is 2. The second kappa shape index (κ2) is 5.42. The molecular weight excluding hydrogens is 274 g/mol. The van der Waals surface area contributed by atoms with Gasteiger partial charge in [-0.15, -0.1) is 0 Å². The minimum Gasteiger partial charge on any atom is -0.294 e. The molecule has 2 heterocycles. The van der Waals surface area contributed by atoms with Crippen molar-refractivity contribution in [2.45, 2.75) is 43.5 Å². The van der Waals surface area contributed by atoms with Crippen LogP contribution in [-0.4, -0.2) is 42.7 Å². The van der Waals surface area contributed by atoms with Gasteiger partial charge in [-0.25, -0.2) is 13.1 Å². The van der Waals surface area contributed by atoms with Crippen LogP contribution in [0.25, 0.3) is 0 Å². The van der Waals surface area contributed by atoms with Crippen molar-refractivity contribution < 1.29 is 8.42 Å². The van der Waals surface area contributed by atoms with Crippen molar-refractivity contribution in [2.24, 2.45) is 0 Å². The maximum Gasteiger partial charge on any atom is 0.216 e. The Kier molecular flexibility index (Phi) is 3.79. The molecule has 1 saturated heterocycles. The SMILES string of the molecule is CC(c1ccccn1)N1CCC(S(=O)(=O)NC2CC2)C1. The molecule has 1 aromatic rings. The molecule has 0 spiro atoms. The van der Waals surface area contributed by atoms with Crippen molar-refractivity contribution in [1.82, 2.24) is 14.6 Å². The normalized spacial score (nSPS) is 25.8. The minimum absolute atomic E-state index is 0.164. The summed E-state index contributed by atoms with van der Waals surface area (Å²) in [5.41, 5.74) is 1.00. The number of sulfonamides is 1. The van der Waals surface area contributed by atoms with Crippen LogP contribution in [0.3, 0.4) is 0 Å². The van der Waals surface area contributed by atoms with E-state index >= 15 is 0 Å². The molecule has 2 unspecified atom stereocenters. The lowest BCUT2D eigenvalue weighted by Crippen LogP contribution is -2.37. The second-order valence-corrected chi connectivity index (χ2v) is 7.77. The third-order valence-electron chi connectivity index (χ3n) is 4.19. The summed E-state index contributed by atoms with van der Waals surface area (Å²) < 4.78 is 27.3. The van der Waals surface area contributed by atoms with Gasteiger partial charge in [-0.05, 0) is 38.3 Å². The molecule has 2 fully saturated rings. The Hall–Kier alpha value is -0.980. The van der Waals surface area contributed by atoms with E-state index in [-0.39, 0.29) is 17.3 Å². The first kappa shape index (κ1) is 14.0. The van der Waals surface area contributed by atoms with Gasteiger partial charge < -0.3 is 0 Å². The van der Waals surface area contributed by atoms with E-state index in [1.165, 1.54) is 0 Å². The van der Waals surface area contributed by atoms with E-state index in [1.54, 1.807) is 6.20 Å². The highest BCUT2D eigenvalue weighted by Gasteiger charge is 2.38. The molecule has 5 nitrogen and oxygen atoms in total. The fourth-order valence-electron chi connectivity index (χ4n) is 2.70. The number of rotatable bonds is 5. The summed E-state index contributed by atoms with van der Waals surface area (Å²) in [6, 6.07) is 6.22. The topological polar surface area (TPSA) is 62.3 Å². The van der Waals surface area contributed by atoms with Crippen LogP contribution in [0.15, 0.2) is 24.4 Å². The Morgan fingerprint density at radius 3 is 2.80 bits per heavy atom. The zero-order valence-corrected chi connectivity index (χ0v) is 12.5. The third kappa shape index (κ3) is 3.02. The van der Waals surface area contributed by atoms with E-state index in [9.17, 15) is 8.42 Å². The third-order valence-corrected chi connectivity index (χ3v) is 6.11. The average Bonchev–Trinajstić information content (AvgIpc) is 3.09. The highest BCUT2D eigenvalue weighted by atomic mass is 32.2. The number of hydrogen-bond acceptors (Lipinski definition) is 4. The number of likely N-dealkylation sites (tertiary alicyclic amines) is 1. The van der Waals surface area contributed by atoms with E-state index in [0.29, 0.717) is 13.0 Å². The summed E-state index contributed by atoms with van der Waals surface area (Å²) in [5.74, 6) is 0. The fraction of sp³-hybridized carbons (Fsp3) is 0.643. The van der Waals surface area contributed by atoms with Crippen LogP contribution in [-0.2, 0) is 10.0 Å². The van der Waals surface area contributed by atoms with Gasteiger partial charge in [-0.1, -0.05) is 6.07 Å². The van der Waals surface area contributed by atoms with Crippen molar-refractivity contribution in [3.8, 4) is 0 Å². The Labute approximate surface area is 120 Å². The van der Waals surface area contributed by atoms with Crippen molar-refractivity contribution in [1.29, 1.82) is 0 Å². The minimum atomic E-state index is -3.16. The standard InChI is InChI=1S/C14H21N3O2S/c1-11(14-4-2-3-8-15-14)17-9-7-13(10-17)20(18,19)16-12-5-6-12/h2-4,8,11-13,16H,5-7,9-10H2,1H3. The molecule has 1 aromatic heterocycles. The first-order chi connectivity index (χ1) is 9.56. The van der Waals surface area contributed by atoms with Crippen molar-refractivity contribution in [3.63, 3.8) is 0 Å². The largest absolute Gasteiger partial charge is 0.294 e. The molecule has 1 aliphatic heterocycles. The lowest BCUT2D eigenvalue weighted by molar-refractivity contribution is 0.258. The highest BCUT2D eigenvalue weighted by molar-refractivity contribution is 7.90. The fourth-order valence-corrected chi connectivity index (χ4v) is 4.40. The number of nitrogens with one attached hydrogen (secondary N) is 1. The molecule has 3 rings (SSSR count). The van der Waals surface area contributed by atoms with E-state index in [4.69, 9.17) is 0 Å². The molecule has 0 bridgehead atoms. The van der Waals surface area contributed by atoms with Crippen LogP contribution in [0, 0.1) is 0 Å². The van der Waals surface area contributed by atoms with Crippen LogP contribution < -0.4 is 4.72 Å².